The van der Waals surface area contributed by atoms with Crippen LogP contribution in [0.2, 0.25) is 65.9 Å². The molecule has 210 valence electrons. The Kier molecular flexibility index (Phi) is 1.79. The molecule has 10 aliphatic heterocycles. The van der Waals surface area contributed by atoms with Gasteiger partial charge in [-0.15, -0.1) is 0 Å². The molecule has 0 N–H and O–H groups in total. The summed E-state index contributed by atoms with van der Waals surface area (Å²) in [7, 11) is 2.03. The Morgan fingerprint density at radius 3 is 1.59 bits per heavy atom. The van der Waals surface area contributed by atoms with E-state index in [9.17, 15) is 0 Å². The summed E-state index contributed by atoms with van der Waals surface area (Å²) in [5, 5.41) is 0.499. The van der Waals surface area contributed by atoms with E-state index in [1.807, 2.05) is 24.8 Å². The second kappa shape index (κ2) is 3.13. The van der Waals surface area contributed by atoms with Crippen molar-refractivity contribution in [1.82, 2.24) is 19.9 Å². The third kappa shape index (κ3) is 0.527. The maximum atomic E-state index is 5.20. The van der Waals surface area contributed by atoms with E-state index in [1.165, 1.54) is 40.3 Å². The van der Waals surface area contributed by atoms with E-state index in [-0.39, 0.29) is 13.1 Å². The summed E-state index contributed by atoms with van der Waals surface area (Å²) in [4.78, 5) is 28.1. The quantitative estimate of drug-likeness (QED) is 0.240. The van der Waals surface area contributed by atoms with Crippen LogP contribution < -0.4 is 0 Å². The van der Waals surface area contributed by atoms with Gasteiger partial charge in [0.05, 0.1) is 0 Å². The first-order valence-corrected chi connectivity index (χ1v) is 26.9. The monoisotopic (exact) mass is 618 g/mol. The molecule has 0 bridgehead atoms. The van der Waals surface area contributed by atoms with Crippen LogP contribution in [0.5, 0.6) is 0 Å². The summed E-state index contributed by atoms with van der Waals surface area (Å²) in [6.07, 6.45) is 13.4. The second-order valence-corrected chi connectivity index (χ2v) is 53.7. The first-order chi connectivity index (χ1) is 17.9. The van der Waals surface area contributed by atoms with Crippen LogP contribution in [0.4, 0.5) is 0 Å². The number of rotatable bonds is 6. The van der Waals surface area contributed by atoms with Gasteiger partial charge in [-0.2, -0.15) is 0 Å². The second-order valence-electron chi connectivity index (χ2n) is 20.2. The van der Waals surface area contributed by atoms with Crippen molar-refractivity contribution in [3.63, 3.8) is 0 Å². The van der Waals surface area contributed by atoms with Gasteiger partial charge in [0.2, 0.25) is 0 Å². The third-order valence-corrected chi connectivity index (χ3v) is 79.8. The summed E-state index contributed by atoms with van der Waals surface area (Å²) in [5.41, 5.74) is 2.37. The number of nitrogens with zero attached hydrogens (tertiary/aromatic N) is 4. The summed E-state index contributed by atoms with van der Waals surface area (Å²) < 4.78 is 1.94. The van der Waals surface area contributed by atoms with Gasteiger partial charge in [-0.05, 0) is 0 Å². The molecule has 6 unspecified atom stereocenters. The summed E-state index contributed by atoms with van der Waals surface area (Å²) in [6.45, 7) is 19.7. The molecular formula is C31H44FeN4P2Si. The first-order valence-electron chi connectivity index (χ1n) is 15.2. The van der Waals surface area contributed by atoms with Crippen LogP contribution in [-0.4, -0.2) is 44.5 Å². The Labute approximate surface area is 228 Å². The fourth-order valence-electron chi connectivity index (χ4n) is 24.3. The van der Waals surface area contributed by atoms with Crippen molar-refractivity contribution >= 4 is 25.2 Å². The molecule has 0 amide bonds. The van der Waals surface area contributed by atoms with Crippen molar-refractivity contribution in [1.29, 1.82) is 0 Å². The molecule has 2 aromatic rings. The third-order valence-electron chi connectivity index (χ3n) is 20.9. The van der Waals surface area contributed by atoms with E-state index in [1.54, 1.807) is 6.16 Å². The van der Waals surface area contributed by atoms with Crippen LogP contribution in [0.15, 0.2) is 37.2 Å². The van der Waals surface area contributed by atoms with E-state index in [2.05, 4.69) is 82.8 Å². The van der Waals surface area contributed by atoms with E-state index in [0.717, 1.165) is 8.75 Å². The Balaban J connectivity index is 1.24. The number of fused-ring (bicyclic) bond motifs is 10. The molecule has 0 aromatic carbocycles. The predicted octanol–water partition coefficient (Wildman–Crippen LogP) is 8.84. The molecule has 1 spiro atoms. The van der Waals surface area contributed by atoms with Gasteiger partial charge in [0, 0.05) is 0 Å². The van der Waals surface area contributed by atoms with Crippen molar-refractivity contribution < 1.29 is 6.51 Å². The molecule has 4 nitrogen and oxygen atoms in total. The van der Waals surface area contributed by atoms with Gasteiger partial charge < -0.3 is 0 Å². The van der Waals surface area contributed by atoms with Crippen LogP contribution in [0, 0.1) is 0 Å². The van der Waals surface area contributed by atoms with Gasteiger partial charge in [0.15, 0.2) is 0 Å². The van der Waals surface area contributed by atoms with E-state index < -0.39 is 14.6 Å². The standard InChI is InChI=1S/C26H39N4P2Si.C5H5.Fe/c1-24(2,3)32(25(4,5)6)18-19-14-20(33(7,8)9)15-21(19)26(31,22-16-27-10-12-29-22)23-17-28-11-13-30-23;1-2-4-5-3-1;/h10-17H,18,31H2,1-9H3;1-5H;. The molecule has 10 saturated heterocycles. The van der Waals surface area contributed by atoms with Crippen molar-refractivity contribution in [2.24, 2.45) is 0 Å². The van der Waals surface area contributed by atoms with Crippen molar-refractivity contribution in [3.05, 3.63) is 48.6 Å². The van der Waals surface area contributed by atoms with Crippen molar-refractivity contribution in [2.45, 2.75) is 123 Å². The molecule has 12 heterocycles. The zero-order valence-electron chi connectivity index (χ0n) is 24.9. The summed E-state index contributed by atoms with van der Waals surface area (Å²) >= 11 is 0. The van der Waals surface area contributed by atoms with Crippen LogP contribution >= 0.6 is 17.2 Å². The molecule has 39 heavy (non-hydrogen) atoms. The molecule has 2 aromatic heterocycles. The van der Waals surface area contributed by atoms with Crippen molar-refractivity contribution in [2.75, 3.05) is 6.16 Å². The van der Waals surface area contributed by atoms with E-state index >= 15 is 0 Å². The molecule has 0 aliphatic carbocycles. The predicted molar refractivity (Wildman–Crippen MR) is 164 cm³/mol. The summed E-state index contributed by atoms with van der Waals surface area (Å²) in [6, 6.07) is 0. The van der Waals surface area contributed by atoms with E-state index in [4.69, 9.17) is 19.9 Å². The molecular weight excluding hydrogens is 574 g/mol. The van der Waals surface area contributed by atoms with Crippen LogP contribution in [-0.2, 0) is 11.7 Å². The van der Waals surface area contributed by atoms with E-state index in [0.29, 0.717) is 18.9 Å². The van der Waals surface area contributed by atoms with Gasteiger partial charge in [0.1, 0.15) is 0 Å². The minimum absolute atomic E-state index is 0.155. The molecule has 8 heteroatoms. The van der Waals surface area contributed by atoms with Gasteiger partial charge in [-0.25, -0.2) is 0 Å². The van der Waals surface area contributed by atoms with Crippen LogP contribution in [0.1, 0.15) is 52.9 Å². The first kappa shape index (κ1) is 22.3. The van der Waals surface area contributed by atoms with Gasteiger partial charge in [-0.3, -0.25) is 0 Å². The molecule has 10 fully saturated rings. The fraction of sp³-hybridized carbons (Fsp3) is 0.742. The Bertz CT molecular complexity index is 1930. The average Bonchev–Trinajstić information content (AvgIpc) is 3.80. The van der Waals surface area contributed by atoms with Gasteiger partial charge >= 0.3 is 229 Å². The molecule has 6 atom stereocenters. The Morgan fingerprint density at radius 2 is 1.26 bits per heavy atom. The molecule has 12 rings (SSSR count). The fourth-order valence-corrected chi connectivity index (χ4v) is 140. The van der Waals surface area contributed by atoms with Crippen molar-refractivity contribution in [3.8, 4) is 0 Å². The van der Waals surface area contributed by atoms with Crippen LogP contribution in [0.3, 0.4) is 0 Å². The topological polar surface area (TPSA) is 51.6 Å². The minimum atomic E-state index is -4.19. The number of hydrogen-bond donors (Lipinski definition) is 0. The van der Waals surface area contributed by atoms with Gasteiger partial charge in [0.25, 0.3) is 0 Å². The number of hydrogen-bond acceptors (Lipinski definition) is 4. The Morgan fingerprint density at radius 1 is 0.795 bits per heavy atom. The molecule has 0 radical (unpaired) electrons. The summed E-state index contributed by atoms with van der Waals surface area (Å²) in [5.74, 6) is 0. The molecule has 10 aliphatic rings. The SMILES string of the molecule is CC(C)(C)P(C[C]12[CH]3[C]4([Si](C)(C)C)[CH]5[C]1(C(P)(c1cnccn1)c1cnccn1)[Fe]35241678[CH]2[CH]1[CH]6[CH]7[CH]28)C(C)(C)C. The zero-order valence-corrected chi connectivity index (χ0v) is 29.0. The van der Waals surface area contributed by atoms with Gasteiger partial charge in [-0.1, -0.05) is 0 Å². The molecule has 0 saturated carbocycles. The Hall–Kier alpha value is -0.244. The average molecular weight is 619 g/mol. The maximum absolute atomic E-state index is 5.20. The zero-order chi connectivity index (χ0) is 27.4. The number of aromatic nitrogens is 4. The van der Waals surface area contributed by atoms with Crippen LogP contribution in [0.25, 0.3) is 0 Å². The normalized spacial score (nSPS) is 64.3.